The second-order valence-corrected chi connectivity index (χ2v) is 4.37. The van der Waals surface area contributed by atoms with Crippen LogP contribution in [-0.4, -0.2) is 24.9 Å². The Labute approximate surface area is 106 Å². The maximum Gasteiger partial charge on any atom is 0.251 e. The third-order valence-corrected chi connectivity index (χ3v) is 2.96. The predicted octanol–water partition coefficient (Wildman–Crippen LogP) is 0.650. The summed E-state index contributed by atoms with van der Waals surface area (Å²) in [6.45, 7) is 1.26. The molecule has 0 aliphatic carbocycles. The number of hydrogen-bond donors (Lipinski definition) is 3. The average Bonchev–Trinajstić information content (AvgIpc) is 2.37. The fourth-order valence-electron chi connectivity index (χ4n) is 2.02. The lowest BCUT2D eigenvalue weighted by atomic mass is 10.0. The van der Waals surface area contributed by atoms with Crippen LogP contribution in [0.2, 0.25) is 0 Å². The Hall–Kier alpha value is -2.04. The van der Waals surface area contributed by atoms with Crippen molar-refractivity contribution < 1.29 is 9.59 Å². The van der Waals surface area contributed by atoms with Gasteiger partial charge in [0, 0.05) is 30.8 Å². The molecule has 0 bridgehead atoms. The van der Waals surface area contributed by atoms with E-state index in [4.69, 9.17) is 5.73 Å². The number of nitrogens with one attached hydrogen (secondary N) is 2. The standard InChI is InChI=1S/C13H17N3O2/c14-12(17)5-7-16-13(18)10-3-4-11-9(8-10)2-1-6-15-11/h3-4,8,15H,1-2,5-7H2,(H2,14,17)(H,16,18). The molecule has 2 amide bonds. The Morgan fingerprint density at radius 3 is 3.00 bits per heavy atom. The topological polar surface area (TPSA) is 84.2 Å². The number of carbonyl (C=O) groups is 2. The maximum absolute atomic E-state index is 11.8. The molecule has 2 rings (SSSR count). The predicted molar refractivity (Wildman–Crippen MR) is 69.4 cm³/mol. The molecule has 0 saturated heterocycles. The summed E-state index contributed by atoms with van der Waals surface area (Å²) < 4.78 is 0. The van der Waals surface area contributed by atoms with Crippen molar-refractivity contribution in [2.45, 2.75) is 19.3 Å². The minimum atomic E-state index is -0.412. The Bertz CT molecular complexity index is 471. The van der Waals surface area contributed by atoms with Gasteiger partial charge in [0.1, 0.15) is 0 Å². The van der Waals surface area contributed by atoms with Gasteiger partial charge in [0.05, 0.1) is 0 Å². The van der Waals surface area contributed by atoms with Gasteiger partial charge in [-0.15, -0.1) is 0 Å². The van der Waals surface area contributed by atoms with Crippen LogP contribution >= 0.6 is 0 Å². The zero-order valence-corrected chi connectivity index (χ0v) is 10.2. The van der Waals surface area contributed by atoms with Crippen molar-refractivity contribution in [3.8, 4) is 0 Å². The van der Waals surface area contributed by atoms with Crippen molar-refractivity contribution >= 4 is 17.5 Å². The SMILES string of the molecule is NC(=O)CCNC(=O)c1ccc2c(c1)CCCN2. The minimum absolute atomic E-state index is 0.162. The molecule has 0 atom stereocenters. The molecule has 0 spiro atoms. The second-order valence-electron chi connectivity index (χ2n) is 4.37. The largest absolute Gasteiger partial charge is 0.385 e. The number of fused-ring (bicyclic) bond motifs is 1. The summed E-state index contributed by atoms with van der Waals surface area (Å²) in [4.78, 5) is 22.4. The zero-order chi connectivity index (χ0) is 13.0. The van der Waals surface area contributed by atoms with E-state index in [1.807, 2.05) is 12.1 Å². The van der Waals surface area contributed by atoms with E-state index in [2.05, 4.69) is 10.6 Å². The van der Waals surface area contributed by atoms with Gasteiger partial charge >= 0.3 is 0 Å². The number of aryl methyl sites for hydroxylation is 1. The van der Waals surface area contributed by atoms with Crippen LogP contribution in [0.15, 0.2) is 18.2 Å². The lowest BCUT2D eigenvalue weighted by Gasteiger charge is -2.18. The van der Waals surface area contributed by atoms with Gasteiger partial charge in [0.25, 0.3) is 5.91 Å². The lowest BCUT2D eigenvalue weighted by Crippen LogP contribution is -2.28. The molecule has 5 heteroatoms. The van der Waals surface area contributed by atoms with Crippen LogP contribution in [-0.2, 0) is 11.2 Å². The highest BCUT2D eigenvalue weighted by Gasteiger charge is 2.12. The molecule has 1 aromatic carbocycles. The van der Waals surface area contributed by atoms with Crippen molar-refractivity contribution in [1.82, 2.24) is 5.32 Å². The molecule has 96 valence electrons. The zero-order valence-electron chi connectivity index (χ0n) is 10.2. The van der Waals surface area contributed by atoms with Crippen LogP contribution in [0, 0.1) is 0 Å². The molecule has 1 aromatic rings. The number of nitrogens with two attached hydrogens (primary N) is 1. The van der Waals surface area contributed by atoms with Crippen LogP contribution in [0.4, 0.5) is 5.69 Å². The van der Waals surface area contributed by atoms with Crippen LogP contribution in [0.25, 0.3) is 0 Å². The van der Waals surface area contributed by atoms with Gasteiger partial charge in [0.2, 0.25) is 5.91 Å². The molecule has 1 aliphatic rings. The van der Waals surface area contributed by atoms with E-state index in [0.717, 1.165) is 25.1 Å². The monoisotopic (exact) mass is 247 g/mol. The fraction of sp³-hybridized carbons (Fsp3) is 0.385. The molecule has 0 unspecified atom stereocenters. The van der Waals surface area contributed by atoms with Crippen molar-refractivity contribution in [3.63, 3.8) is 0 Å². The Kier molecular flexibility index (Phi) is 3.82. The van der Waals surface area contributed by atoms with Crippen molar-refractivity contribution in [2.24, 2.45) is 5.73 Å². The first-order valence-electron chi connectivity index (χ1n) is 6.10. The number of benzene rings is 1. The quantitative estimate of drug-likeness (QED) is 0.730. The van der Waals surface area contributed by atoms with E-state index in [0.29, 0.717) is 5.56 Å². The van der Waals surface area contributed by atoms with Gasteiger partial charge in [-0.25, -0.2) is 0 Å². The molecular weight excluding hydrogens is 230 g/mol. The number of anilines is 1. The van der Waals surface area contributed by atoms with Gasteiger partial charge in [0.15, 0.2) is 0 Å². The third-order valence-electron chi connectivity index (χ3n) is 2.96. The normalized spacial score (nSPS) is 13.3. The van der Waals surface area contributed by atoms with Gasteiger partial charge < -0.3 is 16.4 Å². The van der Waals surface area contributed by atoms with Crippen LogP contribution in [0.5, 0.6) is 0 Å². The molecule has 1 aliphatic heterocycles. The Balaban J connectivity index is 2.00. The van der Waals surface area contributed by atoms with Crippen LogP contribution in [0.3, 0.4) is 0 Å². The smallest absolute Gasteiger partial charge is 0.251 e. The molecule has 0 fully saturated rings. The summed E-state index contributed by atoms with van der Waals surface area (Å²) in [6, 6.07) is 5.62. The number of carbonyl (C=O) groups excluding carboxylic acids is 2. The molecule has 1 heterocycles. The Morgan fingerprint density at radius 2 is 2.22 bits per heavy atom. The third kappa shape index (κ3) is 3.00. The van der Waals surface area contributed by atoms with E-state index in [9.17, 15) is 9.59 Å². The molecule has 5 nitrogen and oxygen atoms in total. The van der Waals surface area contributed by atoms with Gasteiger partial charge in [-0.3, -0.25) is 9.59 Å². The summed E-state index contributed by atoms with van der Waals surface area (Å²) in [5.41, 5.74) is 7.91. The molecule has 18 heavy (non-hydrogen) atoms. The number of amides is 2. The van der Waals surface area contributed by atoms with Gasteiger partial charge in [-0.2, -0.15) is 0 Å². The van der Waals surface area contributed by atoms with Crippen molar-refractivity contribution in [1.29, 1.82) is 0 Å². The van der Waals surface area contributed by atoms with E-state index in [1.165, 1.54) is 5.56 Å². The average molecular weight is 247 g/mol. The van der Waals surface area contributed by atoms with Gasteiger partial charge in [-0.05, 0) is 36.6 Å². The minimum Gasteiger partial charge on any atom is -0.385 e. The second kappa shape index (κ2) is 5.53. The van der Waals surface area contributed by atoms with E-state index in [-0.39, 0.29) is 18.9 Å². The molecular formula is C13H17N3O2. The lowest BCUT2D eigenvalue weighted by molar-refractivity contribution is -0.117. The number of rotatable bonds is 4. The summed E-state index contributed by atoms with van der Waals surface area (Å²) in [7, 11) is 0. The van der Waals surface area contributed by atoms with Crippen molar-refractivity contribution in [2.75, 3.05) is 18.4 Å². The molecule has 0 aromatic heterocycles. The van der Waals surface area contributed by atoms with E-state index in [1.54, 1.807) is 6.07 Å². The summed E-state index contributed by atoms with van der Waals surface area (Å²) >= 11 is 0. The van der Waals surface area contributed by atoms with E-state index < -0.39 is 5.91 Å². The highest BCUT2D eigenvalue weighted by atomic mass is 16.2. The van der Waals surface area contributed by atoms with Crippen LogP contribution < -0.4 is 16.4 Å². The van der Waals surface area contributed by atoms with Crippen molar-refractivity contribution in [3.05, 3.63) is 29.3 Å². The summed E-state index contributed by atoms with van der Waals surface area (Å²) in [5.74, 6) is -0.574. The van der Waals surface area contributed by atoms with Crippen LogP contribution in [0.1, 0.15) is 28.8 Å². The first kappa shape index (κ1) is 12.4. The van der Waals surface area contributed by atoms with E-state index >= 15 is 0 Å². The number of hydrogen-bond acceptors (Lipinski definition) is 3. The highest BCUT2D eigenvalue weighted by molar-refractivity contribution is 5.95. The molecule has 0 saturated carbocycles. The first-order chi connectivity index (χ1) is 8.66. The first-order valence-corrected chi connectivity index (χ1v) is 6.10. The Morgan fingerprint density at radius 1 is 1.39 bits per heavy atom. The van der Waals surface area contributed by atoms with Gasteiger partial charge in [-0.1, -0.05) is 0 Å². The fourth-order valence-corrected chi connectivity index (χ4v) is 2.02. The molecule has 4 N–H and O–H groups in total. The maximum atomic E-state index is 11.8. The summed E-state index contributed by atoms with van der Waals surface area (Å²) in [5, 5.41) is 5.97. The molecule has 0 radical (unpaired) electrons. The number of primary amides is 1. The summed E-state index contributed by atoms with van der Waals surface area (Å²) in [6.07, 6.45) is 2.24. The highest BCUT2D eigenvalue weighted by Crippen LogP contribution is 2.22.